The van der Waals surface area contributed by atoms with E-state index in [1.165, 1.54) is 0 Å². The Morgan fingerprint density at radius 2 is 2.29 bits per heavy atom. The molecule has 1 atom stereocenters. The van der Waals surface area contributed by atoms with Crippen molar-refractivity contribution in [1.82, 2.24) is 20.4 Å². The van der Waals surface area contributed by atoms with Crippen molar-refractivity contribution in [1.29, 1.82) is 0 Å². The maximum Gasteiger partial charge on any atom is 0.272 e. The highest BCUT2D eigenvalue weighted by molar-refractivity contribution is 5.93. The Hall–Kier alpha value is -1.40. The molecule has 6 nitrogen and oxygen atoms in total. The van der Waals surface area contributed by atoms with E-state index in [0.717, 1.165) is 37.5 Å². The molecule has 2 rings (SSSR count). The number of rotatable bonds is 5. The van der Waals surface area contributed by atoms with Crippen LogP contribution in [0.25, 0.3) is 0 Å². The molecule has 1 amide bonds. The van der Waals surface area contributed by atoms with Gasteiger partial charge in [0.1, 0.15) is 0 Å². The molecule has 6 heteroatoms. The number of nitrogens with zero attached hydrogens (tertiary/aromatic N) is 2. The summed E-state index contributed by atoms with van der Waals surface area (Å²) in [6.45, 7) is 12.4. The number of carbonyl (C=O) groups is 1. The molecule has 0 aromatic carbocycles. The average Bonchev–Trinajstić information content (AvgIpc) is 2.76. The fourth-order valence-corrected chi connectivity index (χ4v) is 2.58. The molecule has 0 spiro atoms. The maximum atomic E-state index is 12.1. The molecule has 2 N–H and O–H groups in total. The molecule has 0 aliphatic carbocycles. The Morgan fingerprint density at radius 1 is 1.52 bits per heavy atom. The molecular weight excluding hydrogens is 268 g/mol. The molecule has 1 fully saturated rings. The first kappa shape index (κ1) is 16.0. The van der Waals surface area contributed by atoms with E-state index in [1.54, 1.807) is 0 Å². The van der Waals surface area contributed by atoms with Crippen molar-refractivity contribution >= 4 is 5.91 Å². The summed E-state index contributed by atoms with van der Waals surface area (Å²) in [4.78, 5) is 14.5. The minimum absolute atomic E-state index is 0.0572. The second-order valence-corrected chi connectivity index (χ2v) is 6.18. The van der Waals surface area contributed by atoms with Gasteiger partial charge in [0.25, 0.3) is 5.91 Å². The molecule has 0 saturated carbocycles. The lowest BCUT2D eigenvalue weighted by Gasteiger charge is -2.33. The number of hydrogen-bond acceptors (Lipinski definition) is 4. The lowest BCUT2D eigenvalue weighted by atomic mass is 10.1. The number of morpholine rings is 1. The second kappa shape index (κ2) is 7.04. The molecule has 0 radical (unpaired) electrons. The zero-order chi connectivity index (χ0) is 15.4. The number of aromatic nitrogens is 2. The van der Waals surface area contributed by atoms with Crippen molar-refractivity contribution in [3.63, 3.8) is 0 Å². The van der Waals surface area contributed by atoms with E-state index in [-0.39, 0.29) is 12.0 Å². The second-order valence-electron chi connectivity index (χ2n) is 6.18. The number of nitrogens with one attached hydrogen (secondary N) is 2. The van der Waals surface area contributed by atoms with E-state index in [9.17, 15) is 4.79 Å². The fraction of sp³-hybridized carbons (Fsp3) is 0.733. The van der Waals surface area contributed by atoms with Gasteiger partial charge in [0.2, 0.25) is 0 Å². The molecule has 21 heavy (non-hydrogen) atoms. The number of H-pyrrole nitrogens is 1. The first-order valence-electron chi connectivity index (χ1n) is 7.61. The van der Waals surface area contributed by atoms with Gasteiger partial charge in [-0.3, -0.25) is 14.8 Å². The minimum Gasteiger partial charge on any atom is -0.374 e. The van der Waals surface area contributed by atoms with Crippen LogP contribution >= 0.6 is 0 Å². The first-order chi connectivity index (χ1) is 9.97. The van der Waals surface area contributed by atoms with Crippen LogP contribution in [0.15, 0.2) is 0 Å². The SMILES string of the molecule is Cc1[nH]nc(C(=O)NCC2CN(CC(C)C)CCO2)c1C. The summed E-state index contributed by atoms with van der Waals surface area (Å²) in [7, 11) is 0. The standard InChI is InChI=1S/C15H26N4O2/c1-10(2)8-19-5-6-21-13(9-19)7-16-15(20)14-11(3)12(4)17-18-14/h10,13H,5-9H2,1-4H3,(H,16,20)(H,17,18). The first-order valence-corrected chi connectivity index (χ1v) is 7.61. The van der Waals surface area contributed by atoms with Crippen molar-refractivity contribution < 1.29 is 9.53 Å². The van der Waals surface area contributed by atoms with Crippen LogP contribution in [-0.2, 0) is 4.74 Å². The monoisotopic (exact) mass is 294 g/mol. The summed E-state index contributed by atoms with van der Waals surface area (Å²) in [5, 5.41) is 9.80. The lowest BCUT2D eigenvalue weighted by Crippen LogP contribution is -2.48. The fourth-order valence-electron chi connectivity index (χ4n) is 2.58. The average molecular weight is 294 g/mol. The molecule has 1 aliphatic heterocycles. The molecule has 1 aliphatic rings. The number of hydrogen-bond donors (Lipinski definition) is 2. The summed E-state index contributed by atoms with van der Waals surface area (Å²) in [6.07, 6.45) is 0.0572. The highest BCUT2D eigenvalue weighted by Crippen LogP contribution is 2.10. The molecule has 118 valence electrons. The van der Waals surface area contributed by atoms with E-state index < -0.39 is 0 Å². The van der Waals surface area contributed by atoms with Crippen LogP contribution in [0.3, 0.4) is 0 Å². The third-order valence-electron chi connectivity index (χ3n) is 3.80. The van der Waals surface area contributed by atoms with Crippen LogP contribution < -0.4 is 5.32 Å². The van der Waals surface area contributed by atoms with Crippen molar-refractivity contribution in [2.75, 3.05) is 32.8 Å². The van der Waals surface area contributed by atoms with Gasteiger partial charge in [0, 0.05) is 37.4 Å². The quantitative estimate of drug-likeness (QED) is 0.853. The number of ether oxygens (including phenoxy) is 1. The van der Waals surface area contributed by atoms with Gasteiger partial charge in [-0.05, 0) is 19.8 Å². The largest absolute Gasteiger partial charge is 0.374 e. The van der Waals surface area contributed by atoms with E-state index in [2.05, 4.69) is 34.3 Å². The van der Waals surface area contributed by atoms with Crippen LogP contribution in [-0.4, -0.2) is 59.9 Å². The van der Waals surface area contributed by atoms with Crippen molar-refractivity contribution in [3.05, 3.63) is 17.0 Å². The van der Waals surface area contributed by atoms with Crippen LogP contribution in [0, 0.1) is 19.8 Å². The number of aryl methyl sites for hydroxylation is 1. The molecule has 1 saturated heterocycles. The van der Waals surface area contributed by atoms with Gasteiger partial charge in [-0.15, -0.1) is 0 Å². The smallest absolute Gasteiger partial charge is 0.272 e. The van der Waals surface area contributed by atoms with E-state index in [0.29, 0.717) is 18.2 Å². The van der Waals surface area contributed by atoms with Gasteiger partial charge in [-0.1, -0.05) is 13.8 Å². The third kappa shape index (κ3) is 4.28. The summed E-state index contributed by atoms with van der Waals surface area (Å²) in [5.74, 6) is 0.509. The van der Waals surface area contributed by atoms with Crippen LogP contribution in [0.5, 0.6) is 0 Å². The van der Waals surface area contributed by atoms with Gasteiger partial charge in [-0.25, -0.2) is 0 Å². The highest BCUT2D eigenvalue weighted by atomic mass is 16.5. The number of carbonyl (C=O) groups excluding carboxylic acids is 1. The number of aromatic amines is 1. The molecule has 2 heterocycles. The molecular formula is C15H26N4O2. The van der Waals surface area contributed by atoms with Gasteiger partial charge >= 0.3 is 0 Å². The Bertz CT molecular complexity index is 484. The Morgan fingerprint density at radius 3 is 2.90 bits per heavy atom. The molecule has 1 aromatic rings. The predicted octanol–water partition coefficient (Wildman–Crippen LogP) is 1.11. The Labute approximate surface area is 126 Å². The molecule has 1 unspecified atom stereocenters. The van der Waals surface area contributed by atoms with Crippen molar-refractivity contribution in [2.45, 2.75) is 33.8 Å². The van der Waals surface area contributed by atoms with Gasteiger partial charge in [0.05, 0.1) is 12.7 Å². The third-order valence-corrected chi connectivity index (χ3v) is 3.80. The van der Waals surface area contributed by atoms with E-state index >= 15 is 0 Å². The summed E-state index contributed by atoms with van der Waals surface area (Å²) < 4.78 is 5.73. The topological polar surface area (TPSA) is 70.2 Å². The summed E-state index contributed by atoms with van der Waals surface area (Å²) in [5.41, 5.74) is 2.30. The van der Waals surface area contributed by atoms with Crippen LogP contribution in [0.4, 0.5) is 0 Å². The predicted molar refractivity (Wildman–Crippen MR) is 81.4 cm³/mol. The van der Waals surface area contributed by atoms with Crippen molar-refractivity contribution in [2.24, 2.45) is 5.92 Å². The van der Waals surface area contributed by atoms with Crippen molar-refractivity contribution in [3.8, 4) is 0 Å². The van der Waals surface area contributed by atoms with Crippen LogP contribution in [0.2, 0.25) is 0 Å². The maximum absolute atomic E-state index is 12.1. The number of amides is 1. The Balaban J connectivity index is 1.82. The normalized spacial score (nSPS) is 20.0. The summed E-state index contributed by atoms with van der Waals surface area (Å²) >= 11 is 0. The van der Waals surface area contributed by atoms with E-state index in [4.69, 9.17) is 4.74 Å². The zero-order valence-corrected chi connectivity index (χ0v) is 13.4. The zero-order valence-electron chi connectivity index (χ0n) is 13.4. The van der Waals surface area contributed by atoms with Crippen LogP contribution in [0.1, 0.15) is 35.6 Å². The molecule has 1 aromatic heterocycles. The Kier molecular flexibility index (Phi) is 5.36. The van der Waals surface area contributed by atoms with E-state index in [1.807, 2.05) is 13.8 Å². The van der Waals surface area contributed by atoms with Gasteiger partial charge < -0.3 is 10.1 Å². The lowest BCUT2D eigenvalue weighted by molar-refractivity contribution is -0.0295. The summed E-state index contributed by atoms with van der Waals surface area (Å²) in [6, 6.07) is 0. The van der Waals surface area contributed by atoms with Gasteiger partial charge in [0.15, 0.2) is 5.69 Å². The molecule has 0 bridgehead atoms. The van der Waals surface area contributed by atoms with Gasteiger partial charge in [-0.2, -0.15) is 5.10 Å². The minimum atomic E-state index is -0.138. The highest BCUT2D eigenvalue weighted by Gasteiger charge is 2.22.